The standard InChI is InChI=1S/C20H13ClFN3O5S/c21-16-9-12(3-7-17(16)22)25-20(27)15(19(26)24-25)10-13-4-8-18(30-13)11-1-5-14(6-2-11)31(23,28)29/h1-10H,(H,24,26)(H2,23,28,29). The van der Waals surface area contributed by atoms with E-state index in [0.29, 0.717) is 11.3 Å². The topological polar surface area (TPSA) is 123 Å². The van der Waals surface area contributed by atoms with Crippen LogP contribution in [0.2, 0.25) is 5.02 Å². The number of carbonyl (C=O) groups excluding carboxylic acids is 2. The molecular weight excluding hydrogens is 449 g/mol. The van der Waals surface area contributed by atoms with Crippen molar-refractivity contribution in [3.05, 3.63) is 76.8 Å². The molecule has 0 atom stereocenters. The molecule has 0 aliphatic carbocycles. The maximum atomic E-state index is 13.4. The van der Waals surface area contributed by atoms with Crippen LogP contribution in [0.1, 0.15) is 5.76 Å². The molecule has 1 aliphatic rings. The smallest absolute Gasteiger partial charge is 0.282 e. The zero-order valence-electron chi connectivity index (χ0n) is 15.5. The van der Waals surface area contributed by atoms with Crippen LogP contribution in [0.3, 0.4) is 0 Å². The monoisotopic (exact) mass is 461 g/mol. The summed E-state index contributed by atoms with van der Waals surface area (Å²) in [6.07, 6.45) is 1.27. The van der Waals surface area contributed by atoms with E-state index in [2.05, 4.69) is 5.43 Å². The Kier molecular flexibility index (Phi) is 5.13. The fourth-order valence-corrected chi connectivity index (χ4v) is 3.59. The van der Waals surface area contributed by atoms with Crippen molar-refractivity contribution < 1.29 is 26.8 Å². The number of primary sulfonamides is 1. The van der Waals surface area contributed by atoms with E-state index in [1.165, 1.54) is 42.5 Å². The second kappa shape index (κ2) is 7.65. The molecule has 8 nitrogen and oxygen atoms in total. The molecule has 3 N–H and O–H groups in total. The van der Waals surface area contributed by atoms with Gasteiger partial charge >= 0.3 is 0 Å². The van der Waals surface area contributed by atoms with Gasteiger partial charge in [0, 0.05) is 5.56 Å². The Labute approximate surface area is 180 Å². The van der Waals surface area contributed by atoms with Gasteiger partial charge in [0.25, 0.3) is 11.8 Å². The summed E-state index contributed by atoms with van der Waals surface area (Å²) in [7, 11) is -3.81. The normalized spacial score (nSPS) is 15.6. The van der Waals surface area contributed by atoms with E-state index in [4.69, 9.17) is 21.2 Å². The molecule has 31 heavy (non-hydrogen) atoms. The van der Waals surface area contributed by atoms with Crippen molar-refractivity contribution in [2.24, 2.45) is 5.14 Å². The van der Waals surface area contributed by atoms with E-state index in [-0.39, 0.29) is 26.9 Å². The first-order valence-electron chi connectivity index (χ1n) is 8.69. The van der Waals surface area contributed by atoms with Crippen LogP contribution in [0.15, 0.2) is 69.5 Å². The number of carbonyl (C=O) groups is 2. The summed E-state index contributed by atoms with van der Waals surface area (Å²) >= 11 is 5.74. The van der Waals surface area contributed by atoms with Crippen molar-refractivity contribution in [2.45, 2.75) is 4.90 Å². The predicted octanol–water partition coefficient (Wildman–Crippen LogP) is 2.85. The van der Waals surface area contributed by atoms with Crippen LogP contribution < -0.4 is 15.6 Å². The van der Waals surface area contributed by atoms with Gasteiger partial charge in [-0.2, -0.15) is 0 Å². The first-order chi connectivity index (χ1) is 14.6. The summed E-state index contributed by atoms with van der Waals surface area (Å²) in [5.41, 5.74) is 2.96. The van der Waals surface area contributed by atoms with Crippen molar-refractivity contribution in [3.63, 3.8) is 0 Å². The van der Waals surface area contributed by atoms with Gasteiger partial charge in [0.1, 0.15) is 22.9 Å². The predicted molar refractivity (Wildman–Crippen MR) is 111 cm³/mol. The molecule has 11 heteroatoms. The van der Waals surface area contributed by atoms with Gasteiger partial charge in [0.05, 0.1) is 15.6 Å². The maximum Gasteiger partial charge on any atom is 0.282 e. The van der Waals surface area contributed by atoms with Crippen LogP contribution in [0.4, 0.5) is 10.1 Å². The lowest BCUT2D eigenvalue weighted by atomic mass is 10.2. The Morgan fingerprint density at radius 2 is 1.77 bits per heavy atom. The third-order valence-electron chi connectivity index (χ3n) is 4.43. The number of furan rings is 1. The van der Waals surface area contributed by atoms with Crippen LogP contribution in [0, 0.1) is 5.82 Å². The van der Waals surface area contributed by atoms with E-state index in [1.54, 1.807) is 12.1 Å². The SMILES string of the molecule is NS(=O)(=O)c1ccc(-c2ccc(C=C3C(=O)NN(c4ccc(F)c(Cl)c4)C3=O)o2)cc1. The zero-order chi connectivity index (χ0) is 22.3. The number of nitrogens with two attached hydrogens (primary N) is 1. The largest absolute Gasteiger partial charge is 0.457 e. The second-order valence-electron chi connectivity index (χ2n) is 6.51. The lowest BCUT2D eigenvalue weighted by molar-refractivity contribution is -0.117. The lowest BCUT2D eigenvalue weighted by Gasteiger charge is -2.14. The molecule has 0 saturated carbocycles. The molecule has 0 unspecified atom stereocenters. The summed E-state index contributed by atoms with van der Waals surface area (Å²) < 4.78 is 41.7. The number of hydrazine groups is 1. The molecule has 3 aromatic rings. The van der Waals surface area contributed by atoms with Gasteiger partial charge in [-0.05, 0) is 60.7 Å². The second-order valence-corrected chi connectivity index (χ2v) is 8.48. The quantitative estimate of drug-likeness (QED) is 0.457. The summed E-state index contributed by atoms with van der Waals surface area (Å²) in [4.78, 5) is 24.9. The Balaban J connectivity index is 1.59. The molecule has 2 amide bonds. The number of nitrogens with zero attached hydrogens (tertiary/aromatic N) is 1. The highest BCUT2D eigenvalue weighted by molar-refractivity contribution is 7.89. The molecule has 0 radical (unpaired) electrons. The molecule has 0 spiro atoms. The third kappa shape index (κ3) is 4.08. The summed E-state index contributed by atoms with van der Waals surface area (Å²) in [6, 6.07) is 12.5. The number of nitrogens with one attached hydrogen (secondary N) is 1. The van der Waals surface area contributed by atoms with Gasteiger partial charge < -0.3 is 4.42 Å². The molecule has 2 aromatic carbocycles. The fourth-order valence-electron chi connectivity index (χ4n) is 2.90. The van der Waals surface area contributed by atoms with Crippen molar-refractivity contribution in [1.29, 1.82) is 0 Å². The number of hydrogen-bond acceptors (Lipinski definition) is 5. The summed E-state index contributed by atoms with van der Waals surface area (Å²) in [6.45, 7) is 0. The summed E-state index contributed by atoms with van der Waals surface area (Å²) in [5.74, 6) is -1.37. The van der Waals surface area contributed by atoms with Crippen LogP contribution in [0.25, 0.3) is 17.4 Å². The van der Waals surface area contributed by atoms with Gasteiger partial charge in [0.2, 0.25) is 10.0 Å². The average Bonchev–Trinajstić information content (AvgIpc) is 3.30. The average molecular weight is 462 g/mol. The highest BCUT2D eigenvalue weighted by atomic mass is 35.5. The first kappa shape index (κ1) is 20.8. The van der Waals surface area contributed by atoms with Crippen molar-refractivity contribution in [3.8, 4) is 11.3 Å². The Bertz CT molecular complexity index is 1350. The third-order valence-corrected chi connectivity index (χ3v) is 5.65. The lowest BCUT2D eigenvalue weighted by Crippen LogP contribution is -2.35. The first-order valence-corrected chi connectivity index (χ1v) is 10.6. The van der Waals surface area contributed by atoms with E-state index in [9.17, 15) is 22.4 Å². The van der Waals surface area contributed by atoms with Gasteiger partial charge in [-0.1, -0.05) is 11.6 Å². The molecule has 158 valence electrons. The van der Waals surface area contributed by atoms with Crippen LogP contribution in [0.5, 0.6) is 0 Å². The molecule has 1 saturated heterocycles. The van der Waals surface area contributed by atoms with Gasteiger partial charge in [-0.15, -0.1) is 0 Å². The number of anilines is 1. The number of sulfonamides is 1. The van der Waals surface area contributed by atoms with Crippen LogP contribution >= 0.6 is 11.6 Å². The zero-order valence-corrected chi connectivity index (χ0v) is 17.1. The minimum absolute atomic E-state index is 0.0423. The van der Waals surface area contributed by atoms with Crippen molar-refractivity contribution >= 4 is 45.2 Å². The van der Waals surface area contributed by atoms with E-state index >= 15 is 0 Å². The molecular formula is C20H13ClFN3O5S. The Morgan fingerprint density at radius 1 is 1.06 bits per heavy atom. The number of hydrogen-bond donors (Lipinski definition) is 2. The molecule has 4 rings (SSSR count). The summed E-state index contributed by atoms with van der Waals surface area (Å²) in [5, 5.41) is 5.84. The molecule has 2 heterocycles. The number of benzene rings is 2. The number of amides is 2. The molecule has 1 fully saturated rings. The molecule has 1 aromatic heterocycles. The fraction of sp³-hybridized carbons (Fsp3) is 0. The Morgan fingerprint density at radius 3 is 2.42 bits per heavy atom. The number of rotatable bonds is 4. The van der Waals surface area contributed by atoms with Gasteiger partial charge in [-0.25, -0.2) is 23.0 Å². The van der Waals surface area contributed by atoms with Crippen molar-refractivity contribution in [1.82, 2.24) is 5.43 Å². The highest BCUT2D eigenvalue weighted by Crippen LogP contribution is 2.28. The van der Waals surface area contributed by atoms with Gasteiger partial charge in [-0.3, -0.25) is 15.0 Å². The minimum atomic E-state index is -3.81. The van der Waals surface area contributed by atoms with E-state index in [1.807, 2.05) is 0 Å². The highest BCUT2D eigenvalue weighted by Gasteiger charge is 2.35. The molecule has 0 bridgehead atoms. The van der Waals surface area contributed by atoms with E-state index < -0.39 is 27.7 Å². The van der Waals surface area contributed by atoms with Crippen molar-refractivity contribution in [2.75, 3.05) is 5.01 Å². The Hall–Kier alpha value is -3.47. The van der Waals surface area contributed by atoms with E-state index in [0.717, 1.165) is 11.1 Å². The van der Waals surface area contributed by atoms with Crippen LogP contribution in [-0.4, -0.2) is 20.2 Å². The minimum Gasteiger partial charge on any atom is -0.457 e. The van der Waals surface area contributed by atoms with Crippen LogP contribution in [-0.2, 0) is 19.6 Å². The molecule has 1 aliphatic heterocycles. The van der Waals surface area contributed by atoms with Gasteiger partial charge in [0.15, 0.2) is 0 Å². The maximum absolute atomic E-state index is 13.4. The number of halogens is 2.